The maximum absolute atomic E-state index is 6.24. The molecule has 0 N–H and O–H groups in total. The van der Waals surface area contributed by atoms with E-state index in [-0.39, 0.29) is 0 Å². The van der Waals surface area contributed by atoms with Crippen molar-refractivity contribution in [1.29, 1.82) is 0 Å². The SMILES string of the molecule is c1ccc(-c2cccc(N(c3ccc(-c4ccc(-c5cccc(-n6c7ccccc7c7ccccc76)c5)cc4)cc3)c3ccc(-c4cccc5oc6ccccc6c45)cc3)c2)cc1. The lowest BCUT2D eigenvalue weighted by atomic mass is 9.98. The fourth-order valence-electron chi connectivity index (χ4n) is 9.39. The van der Waals surface area contributed by atoms with Crippen molar-refractivity contribution in [2.24, 2.45) is 0 Å². The summed E-state index contributed by atoms with van der Waals surface area (Å²) in [5, 5.41) is 4.81. The van der Waals surface area contributed by atoms with Crippen molar-refractivity contribution in [3.05, 3.63) is 243 Å². The van der Waals surface area contributed by atoms with Crippen molar-refractivity contribution in [3.63, 3.8) is 0 Å². The first kappa shape index (κ1) is 36.5. The molecule has 0 saturated heterocycles. The number of hydrogen-bond acceptors (Lipinski definition) is 2. The van der Waals surface area contributed by atoms with Crippen LogP contribution in [0.1, 0.15) is 0 Å². The van der Waals surface area contributed by atoms with Crippen LogP contribution in [-0.4, -0.2) is 4.57 Å². The Morgan fingerprint density at radius 3 is 1.46 bits per heavy atom. The van der Waals surface area contributed by atoms with Crippen LogP contribution in [-0.2, 0) is 0 Å². The van der Waals surface area contributed by atoms with E-state index < -0.39 is 0 Å². The minimum absolute atomic E-state index is 0.900. The second-order valence-electron chi connectivity index (χ2n) is 16.1. The largest absolute Gasteiger partial charge is 0.456 e. The van der Waals surface area contributed by atoms with Gasteiger partial charge < -0.3 is 13.9 Å². The number of furan rings is 1. The van der Waals surface area contributed by atoms with E-state index in [4.69, 9.17) is 4.42 Å². The van der Waals surface area contributed by atoms with E-state index in [0.29, 0.717) is 0 Å². The molecule has 0 saturated carbocycles. The van der Waals surface area contributed by atoms with Gasteiger partial charge in [-0.1, -0.05) is 170 Å². The predicted molar refractivity (Wildman–Crippen MR) is 264 cm³/mol. The number of anilines is 3. The van der Waals surface area contributed by atoms with Crippen LogP contribution in [0, 0.1) is 0 Å². The van der Waals surface area contributed by atoms with Gasteiger partial charge in [0.25, 0.3) is 0 Å². The average molecular weight is 805 g/mol. The first-order valence-corrected chi connectivity index (χ1v) is 21.5. The Kier molecular flexibility index (Phi) is 8.83. The third-order valence-electron chi connectivity index (χ3n) is 12.4. The minimum atomic E-state index is 0.900. The molecule has 0 amide bonds. The zero-order valence-electron chi connectivity index (χ0n) is 34.4. The summed E-state index contributed by atoms with van der Waals surface area (Å²) in [7, 11) is 0. The van der Waals surface area contributed by atoms with E-state index >= 15 is 0 Å². The predicted octanol–water partition coefficient (Wildman–Crippen LogP) is 16.8. The van der Waals surface area contributed by atoms with Crippen molar-refractivity contribution in [1.82, 2.24) is 4.57 Å². The summed E-state index contributed by atoms with van der Waals surface area (Å²) in [6, 6.07) is 87.1. The molecule has 3 nitrogen and oxygen atoms in total. The summed E-state index contributed by atoms with van der Waals surface area (Å²) in [6.07, 6.45) is 0. The highest BCUT2D eigenvalue weighted by Crippen LogP contribution is 2.41. The molecular formula is C60H40N2O. The third-order valence-corrected chi connectivity index (χ3v) is 12.4. The Labute approximate surface area is 366 Å². The summed E-state index contributed by atoms with van der Waals surface area (Å²) >= 11 is 0. The van der Waals surface area contributed by atoms with Crippen molar-refractivity contribution in [3.8, 4) is 50.2 Å². The molecule has 2 aromatic heterocycles. The molecule has 12 rings (SSSR count). The Morgan fingerprint density at radius 2 is 0.778 bits per heavy atom. The van der Waals surface area contributed by atoms with Crippen molar-refractivity contribution >= 4 is 60.8 Å². The van der Waals surface area contributed by atoms with Crippen LogP contribution in [0.25, 0.3) is 93.9 Å². The molecule has 0 aliphatic rings. The Bertz CT molecular complexity index is 3550. The lowest BCUT2D eigenvalue weighted by Gasteiger charge is -2.26. The molecular weight excluding hydrogens is 765 g/mol. The van der Waals surface area contributed by atoms with E-state index in [1.807, 2.05) is 12.1 Å². The highest BCUT2D eigenvalue weighted by atomic mass is 16.3. The molecule has 0 aliphatic heterocycles. The van der Waals surface area contributed by atoms with Crippen LogP contribution in [0.15, 0.2) is 247 Å². The van der Waals surface area contributed by atoms with E-state index in [1.54, 1.807) is 0 Å². The fraction of sp³-hybridized carbons (Fsp3) is 0. The van der Waals surface area contributed by atoms with E-state index in [0.717, 1.165) is 61.4 Å². The number of hydrogen-bond donors (Lipinski definition) is 0. The molecule has 2 heterocycles. The van der Waals surface area contributed by atoms with Gasteiger partial charge in [0.2, 0.25) is 0 Å². The molecule has 0 fully saturated rings. The molecule has 63 heavy (non-hydrogen) atoms. The van der Waals surface area contributed by atoms with Gasteiger partial charge in [0, 0.05) is 44.3 Å². The lowest BCUT2D eigenvalue weighted by molar-refractivity contribution is 0.669. The normalized spacial score (nSPS) is 11.5. The second-order valence-corrected chi connectivity index (χ2v) is 16.1. The van der Waals surface area contributed by atoms with Gasteiger partial charge in [-0.3, -0.25) is 0 Å². The molecule has 0 bridgehead atoms. The third kappa shape index (κ3) is 6.46. The van der Waals surface area contributed by atoms with Crippen LogP contribution >= 0.6 is 0 Å². The first-order valence-electron chi connectivity index (χ1n) is 21.5. The first-order chi connectivity index (χ1) is 31.2. The van der Waals surface area contributed by atoms with Crippen LogP contribution in [0.4, 0.5) is 17.1 Å². The molecule has 12 aromatic rings. The van der Waals surface area contributed by atoms with Gasteiger partial charge in [-0.15, -0.1) is 0 Å². The molecule has 10 aromatic carbocycles. The van der Waals surface area contributed by atoms with Gasteiger partial charge in [0.05, 0.1) is 11.0 Å². The number of benzene rings is 10. The van der Waals surface area contributed by atoms with Crippen LogP contribution in [0.3, 0.4) is 0 Å². The van der Waals surface area contributed by atoms with Crippen molar-refractivity contribution in [2.45, 2.75) is 0 Å². The topological polar surface area (TPSA) is 21.3 Å². The Morgan fingerprint density at radius 1 is 0.302 bits per heavy atom. The van der Waals surface area contributed by atoms with E-state index in [1.165, 1.54) is 49.6 Å². The molecule has 0 radical (unpaired) electrons. The monoisotopic (exact) mass is 804 g/mol. The molecule has 0 unspecified atom stereocenters. The summed E-state index contributed by atoms with van der Waals surface area (Å²) in [5.41, 5.74) is 18.0. The highest BCUT2D eigenvalue weighted by Gasteiger charge is 2.17. The smallest absolute Gasteiger partial charge is 0.136 e. The average Bonchev–Trinajstić information content (AvgIpc) is 3.91. The molecule has 3 heteroatoms. The van der Waals surface area contributed by atoms with Gasteiger partial charge in [-0.05, 0) is 117 Å². The number of aromatic nitrogens is 1. The number of nitrogens with zero attached hydrogens (tertiary/aromatic N) is 2. The fourth-order valence-corrected chi connectivity index (χ4v) is 9.39. The van der Waals surface area contributed by atoms with Gasteiger partial charge >= 0.3 is 0 Å². The summed E-state index contributed by atoms with van der Waals surface area (Å²) in [4.78, 5) is 2.35. The standard InChI is InChI=1S/C60H40N2O/c1-2-13-41(14-3-1)46-15-10-17-50(39-46)61(49-37-33-45(34-38-49)52-22-12-26-59-60(52)55-21-6-9-25-58(55)63-59)48-35-31-43(32-36-48)42-27-29-44(30-28-42)47-16-11-18-51(40-47)62-56-23-7-4-19-53(56)54-20-5-8-24-57(54)62/h1-40H. The van der Waals surface area contributed by atoms with Gasteiger partial charge in [-0.2, -0.15) is 0 Å². The molecule has 0 spiro atoms. The quantitative estimate of drug-likeness (QED) is 0.153. The minimum Gasteiger partial charge on any atom is -0.456 e. The molecule has 0 atom stereocenters. The van der Waals surface area contributed by atoms with E-state index in [9.17, 15) is 0 Å². The van der Waals surface area contributed by atoms with Crippen LogP contribution in [0.5, 0.6) is 0 Å². The van der Waals surface area contributed by atoms with Gasteiger partial charge in [0.1, 0.15) is 11.2 Å². The maximum Gasteiger partial charge on any atom is 0.136 e. The second kappa shape index (κ2) is 15.3. The van der Waals surface area contributed by atoms with Crippen LogP contribution in [0.2, 0.25) is 0 Å². The van der Waals surface area contributed by atoms with Crippen LogP contribution < -0.4 is 4.90 Å². The molecule has 0 aliphatic carbocycles. The lowest BCUT2D eigenvalue weighted by Crippen LogP contribution is -2.10. The molecule has 296 valence electrons. The highest BCUT2D eigenvalue weighted by molar-refractivity contribution is 6.12. The Balaban J connectivity index is 0.877. The summed E-state index contributed by atoms with van der Waals surface area (Å²) < 4.78 is 8.62. The zero-order valence-corrected chi connectivity index (χ0v) is 34.4. The summed E-state index contributed by atoms with van der Waals surface area (Å²) in [5.74, 6) is 0. The Hall–Kier alpha value is -8.40. The van der Waals surface area contributed by atoms with Crippen molar-refractivity contribution in [2.75, 3.05) is 4.90 Å². The van der Waals surface area contributed by atoms with E-state index in [2.05, 4.69) is 240 Å². The zero-order chi connectivity index (χ0) is 41.7. The van der Waals surface area contributed by atoms with Gasteiger partial charge in [0.15, 0.2) is 0 Å². The van der Waals surface area contributed by atoms with Gasteiger partial charge in [-0.25, -0.2) is 0 Å². The number of rotatable bonds is 8. The summed E-state index contributed by atoms with van der Waals surface area (Å²) in [6.45, 7) is 0. The van der Waals surface area contributed by atoms with Crippen molar-refractivity contribution < 1.29 is 4.42 Å². The number of para-hydroxylation sites is 3. The number of fused-ring (bicyclic) bond motifs is 6. The maximum atomic E-state index is 6.24.